The molecule has 0 aromatic heterocycles. The van der Waals surface area contributed by atoms with Crippen LogP contribution in [0.15, 0.2) is 0 Å². The van der Waals surface area contributed by atoms with Crippen LogP contribution in [0.4, 0.5) is 0 Å². The molecule has 0 radical (unpaired) electrons. The molecule has 12 heavy (non-hydrogen) atoms. The number of hydrogen-bond donors (Lipinski definition) is 0. The minimum Gasteiger partial charge on any atom is -0.299 e. The SMILES string of the molecule is CCCC(=O)C1C2(CC2)C12CC2. The predicted molar refractivity (Wildman–Crippen MR) is 46.7 cm³/mol. The van der Waals surface area contributed by atoms with Crippen molar-refractivity contribution in [2.45, 2.75) is 45.4 Å². The van der Waals surface area contributed by atoms with Crippen LogP contribution in [0.5, 0.6) is 0 Å². The van der Waals surface area contributed by atoms with Gasteiger partial charge in [0.05, 0.1) is 0 Å². The van der Waals surface area contributed by atoms with Gasteiger partial charge < -0.3 is 0 Å². The number of hydrogen-bond acceptors (Lipinski definition) is 1. The smallest absolute Gasteiger partial charge is 0.137 e. The molecule has 3 fully saturated rings. The summed E-state index contributed by atoms with van der Waals surface area (Å²) in [5.41, 5.74) is 1.19. The monoisotopic (exact) mass is 164 g/mol. The summed E-state index contributed by atoms with van der Waals surface area (Å²) in [6, 6.07) is 0. The average Bonchev–Trinajstić information content (AvgIpc) is 2.83. The third-order valence-electron chi connectivity index (χ3n) is 4.41. The first-order chi connectivity index (χ1) is 5.77. The predicted octanol–water partition coefficient (Wildman–Crippen LogP) is 2.55. The molecule has 2 spiro atoms. The Balaban J connectivity index is 1.76. The van der Waals surface area contributed by atoms with Gasteiger partial charge in [-0.05, 0) is 42.9 Å². The normalized spacial score (nSPS) is 36.9. The molecule has 0 heterocycles. The van der Waals surface area contributed by atoms with Gasteiger partial charge in [0.15, 0.2) is 0 Å². The van der Waals surface area contributed by atoms with Crippen LogP contribution in [0.25, 0.3) is 0 Å². The minimum absolute atomic E-state index is 0.532. The molecule has 3 aliphatic carbocycles. The second-order valence-electron chi connectivity index (χ2n) is 4.96. The van der Waals surface area contributed by atoms with Crippen LogP contribution in [0.3, 0.4) is 0 Å². The van der Waals surface area contributed by atoms with E-state index in [4.69, 9.17) is 0 Å². The maximum absolute atomic E-state index is 11.7. The molecule has 0 N–H and O–H groups in total. The van der Waals surface area contributed by atoms with Crippen molar-refractivity contribution >= 4 is 5.78 Å². The summed E-state index contributed by atoms with van der Waals surface area (Å²) in [5, 5.41) is 0. The zero-order valence-corrected chi connectivity index (χ0v) is 7.73. The van der Waals surface area contributed by atoms with Crippen LogP contribution in [0.1, 0.15) is 45.4 Å². The van der Waals surface area contributed by atoms with E-state index in [2.05, 4.69) is 6.92 Å². The molecule has 1 heteroatoms. The van der Waals surface area contributed by atoms with E-state index in [9.17, 15) is 4.79 Å². The third kappa shape index (κ3) is 0.571. The Kier molecular flexibility index (Phi) is 1.06. The molecule has 0 unspecified atom stereocenters. The molecule has 0 bridgehead atoms. The average molecular weight is 164 g/mol. The van der Waals surface area contributed by atoms with Crippen molar-refractivity contribution in [1.29, 1.82) is 0 Å². The first kappa shape index (κ1) is 7.11. The molecule has 0 aliphatic heterocycles. The Morgan fingerprint density at radius 1 is 1.25 bits per heavy atom. The van der Waals surface area contributed by atoms with Gasteiger partial charge >= 0.3 is 0 Å². The topological polar surface area (TPSA) is 17.1 Å². The molecular weight excluding hydrogens is 148 g/mol. The molecule has 0 aromatic rings. The fourth-order valence-corrected chi connectivity index (χ4v) is 3.59. The maximum Gasteiger partial charge on any atom is 0.137 e. The Morgan fingerprint density at radius 3 is 2.08 bits per heavy atom. The van der Waals surface area contributed by atoms with Crippen molar-refractivity contribution in [3.63, 3.8) is 0 Å². The molecule has 0 aromatic carbocycles. The van der Waals surface area contributed by atoms with Gasteiger partial charge in [0.1, 0.15) is 5.78 Å². The van der Waals surface area contributed by atoms with Crippen LogP contribution in [-0.4, -0.2) is 5.78 Å². The molecule has 1 nitrogen and oxygen atoms in total. The highest BCUT2D eigenvalue weighted by Crippen LogP contribution is 2.92. The summed E-state index contributed by atoms with van der Waals surface area (Å²) in [5.74, 6) is 1.12. The zero-order chi connectivity index (χ0) is 8.40. The van der Waals surface area contributed by atoms with Crippen LogP contribution in [0, 0.1) is 16.7 Å². The number of fused-ring (bicyclic) bond motifs is 1. The van der Waals surface area contributed by atoms with E-state index >= 15 is 0 Å². The first-order valence-electron chi connectivity index (χ1n) is 5.30. The Hall–Kier alpha value is -0.330. The Bertz CT molecular complexity index is 228. The first-order valence-corrected chi connectivity index (χ1v) is 5.30. The number of carbonyl (C=O) groups excluding carboxylic acids is 1. The van der Waals surface area contributed by atoms with Crippen molar-refractivity contribution in [2.24, 2.45) is 16.7 Å². The zero-order valence-electron chi connectivity index (χ0n) is 7.73. The fourth-order valence-electron chi connectivity index (χ4n) is 3.59. The van der Waals surface area contributed by atoms with Gasteiger partial charge in [-0.3, -0.25) is 4.79 Å². The minimum atomic E-state index is 0.532. The summed E-state index contributed by atoms with van der Waals surface area (Å²) in [6.45, 7) is 2.11. The van der Waals surface area contributed by atoms with Crippen molar-refractivity contribution in [3.8, 4) is 0 Å². The van der Waals surface area contributed by atoms with E-state index in [1.54, 1.807) is 0 Å². The molecular formula is C11H16O. The summed E-state index contributed by atoms with van der Waals surface area (Å²) in [4.78, 5) is 11.7. The quantitative estimate of drug-likeness (QED) is 0.626. The van der Waals surface area contributed by atoms with Gasteiger partial charge in [-0.15, -0.1) is 0 Å². The van der Waals surface area contributed by atoms with Gasteiger partial charge in [-0.2, -0.15) is 0 Å². The molecule has 0 atom stereocenters. The van der Waals surface area contributed by atoms with Gasteiger partial charge in [-0.25, -0.2) is 0 Å². The van der Waals surface area contributed by atoms with Crippen molar-refractivity contribution < 1.29 is 4.79 Å². The molecule has 3 saturated carbocycles. The second-order valence-corrected chi connectivity index (χ2v) is 4.96. The highest BCUT2D eigenvalue weighted by atomic mass is 16.1. The van der Waals surface area contributed by atoms with Crippen LogP contribution >= 0.6 is 0 Å². The van der Waals surface area contributed by atoms with Gasteiger partial charge in [0.25, 0.3) is 0 Å². The summed E-state index contributed by atoms with van der Waals surface area (Å²) < 4.78 is 0. The third-order valence-corrected chi connectivity index (χ3v) is 4.41. The molecule has 0 amide bonds. The molecule has 66 valence electrons. The van der Waals surface area contributed by atoms with Crippen LogP contribution in [0.2, 0.25) is 0 Å². The standard InChI is InChI=1S/C11H16O/c1-2-3-8(12)9-10(4-5-10)11(9)6-7-11/h9H,2-7H2,1H3. The summed E-state index contributed by atoms with van der Waals surface area (Å²) >= 11 is 0. The lowest BCUT2D eigenvalue weighted by molar-refractivity contribution is -0.121. The lowest BCUT2D eigenvalue weighted by Gasteiger charge is -1.93. The van der Waals surface area contributed by atoms with Crippen LogP contribution < -0.4 is 0 Å². The van der Waals surface area contributed by atoms with E-state index in [1.807, 2.05) is 0 Å². The Morgan fingerprint density at radius 2 is 1.75 bits per heavy atom. The fraction of sp³-hybridized carbons (Fsp3) is 0.909. The van der Waals surface area contributed by atoms with E-state index in [-0.39, 0.29) is 0 Å². The van der Waals surface area contributed by atoms with Gasteiger partial charge in [0.2, 0.25) is 0 Å². The summed E-state index contributed by atoms with van der Waals surface area (Å²) in [7, 11) is 0. The van der Waals surface area contributed by atoms with E-state index in [1.165, 1.54) is 25.7 Å². The van der Waals surface area contributed by atoms with Crippen molar-refractivity contribution in [2.75, 3.05) is 0 Å². The maximum atomic E-state index is 11.7. The lowest BCUT2D eigenvalue weighted by atomic mass is 10.1. The number of carbonyl (C=O) groups is 1. The van der Waals surface area contributed by atoms with Crippen molar-refractivity contribution in [1.82, 2.24) is 0 Å². The van der Waals surface area contributed by atoms with Gasteiger partial charge in [0, 0.05) is 12.3 Å². The number of rotatable bonds is 3. The van der Waals surface area contributed by atoms with E-state index in [0.29, 0.717) is 22.5 Å². The molecule has 0 saturated heterocycles. The molecule has 3 rings (SSSR count). The van der Waals surface area contributed by atoms with Crippen LogP contribution in [-0.2, 0) is 4.79 Å². The highest BCUT2D eigenvalue weighted by Gasteiger charge is 2.87. The lowest BCUT2D eigenvalue weighted by Crippen LogP contribution is -2.02. The van der Waals surface area contributed by atoms with Gasteiger partial charge in [-0.1, -0.05) is 6.92 Å². The second kappa shape index (κ2) is 1.78. The van der Waals surface area contributed by atoms with E-state index < -0.39 is 0 Å². The number of ketones is 1. The largest absolute Gasteiger partial charge is 0.299 e. The van der Waals surface area contributed by atoms with E-state index in [0.717, 1.165) is 12.8 Å². The van der Waals surface area contributed by atoms with Crippen molar-refractivity contribution in [3.05, 3.63) is 0 Å². The molecule has 3 aliphatic rings. The highest BCUT2D eigenvalue weighted by molar-refractivity contribution is 5.88. The number of Topliss-reactive ketones (excluding diaryl/α,β-unsaturated/α-hetero) is 1. The summed E-state index contributed by atoms with van der Waals surface area (Å²) in [6.07, 6.45) is 7.36. The Labute approximate surface area is 73.5 Å².